The monoisotopic (exact) mass is 323 g/mol. The van der Waals surface area contributed by atoms with Crippen molar-refractivity contribution in [3.8, 4) is 0 Å². The first-order valence-electron chi connectivity index (χ1n) is 8.21. The van der Waals surface area contributed by atoms with Gasteiger partial charge in [0, 0.05) is 30.9 Å². The maximum absolute atomic E-state index is 12.4. The Hall–Kier alpha value is -2.69. The molecule has 0 bridgehead atoms. The van der Waals surface area contributed by atoms with Crippen molar-refractivity contribution in [2.24, 2.45) is 0 Å². The van der Waals surface area contributed by atoms with E-state index in [9.17, 15) is 9.59 Å². The van der Waals surface area contributed by atoms with Crippen molar-refractivity contribution in [1.82, 2.24) is 15.2 Å². The Morgan fingerprint density at radius 2 is 1.79 bits per heavy atom. The Bertz CT molecular complexity index is 705. The smallest absolute Gasteiger partial charge is 0.272 e. The molecule has 24 heavy (non-hydrogen) atoms. The lowest BCUT2D eigenvalue weighted by Crippen LogP contribution is -2.46. The van der Waals surface area contributed by atoms with E-state index in [2.05, 4.69) is 10.3 Å². The Morgan fingerprint density at radius 1 is 1.08 bits per heavy atom. The van der Waals surface area contributed by atoms with Crippen molar-refractivity contribution in [2.45, 2.75) is 25.8 Å². The molecule has 3 rings (SSSR count). The third kappa shape index (κ3) is 3.79. The van der Waals surface area contributed by atoms with Gasteiger partial charge in [-0.1, -0.05) is 23.8 Å². The molecule has 0 radical (unpaired) electrons. The van der Waals surface area contributed by atoms with Crippen LogP contribution in [0.15, 0.2) is 48.7 Å². The number of nitrogens with one attached hydrogen (secondary N) is 1. The van der Waals surface area contributed by atoms with Crippen LogP contribution in [0.25, 0.3) is 0 Å². The fourth-order valence-corrected chi connectivity index (χ4v) is 2.85. The number of likely N-dealkylation sites (tertiary alicyclic amines) is 1. The van der Waals surface area contributed by atoms with Crippen LogP contribution in [-0.4, -0.2) is 40.8 Å². The maximum atomic E-state index is 12.4. The lowest BCUT2D eigenvalue weighted by atomic mass is 10.0. The van der Waals surface area contributed by atoms with Gasteiger partial charge in [-0.3, -0.25) is 14.6 Å². The molecule has 0 aliphatic carbocycles. The summed E-state index contributed by atoms with van der Waals surface area (Å²) in [5.74, 6) is -0.0941. The standard InChI is InChI=1S/C19H21N3O2/c1-14-5-7-15(8-6-14)18(23)21-16-9-12-22(13-10-16)19(24)17-4-2-3-11-20-17/h2-8,11,16H,9-10,12-13H2,1H3,(H,21,23). The molecule has 1 N–H and O–H groups in total. The molecule has 0 spiro atoms. The first kappa shape index (κ1) is 16.2. The van der Waals surface area contributed by atoms with E-state index in [0.29, 0.717) is 24.3 Å². The molecule has 0 atom stereocenters. The summed E-state index contributed by atoms with van der Waals surface area (Å²) in [6.45, 7) is 3.26. The number of pyridine rings is 1. The second-order valence-corrected chi connectivity index (χ2v) is 6.12. The van der Waals surface area contributed by atoms with E-state index < -0.39 is 0 Å². The summed E-state index contributed by atoms with van der Waals surface area (Å²) in [6, 6.07) is 13.0. The fourth-order valence-electron chi connectivity index (χ4n) is 2.85. The minimum absolute atomic E-state index is 0.0427. The van der Waals surface area contributed by atoms with E-state index in [1.54, 1.807) is 23.2 Å². The number of aryl methyl sites for hydroxylation is 1. The van der Waals surface area contributed by atoms with Gasteiger partial charge in [0.15, 0.2) is 0 Å². The first-order chi connectivity index (χ1) is 11.6. The maximum Gasteiger partial charge on any atom is 0.272 e. The lowest BCUT2D eigenvalue weighted by molar-refractivity contribution is 0.0692. The van der Waals surface area contributed by atoms with Gasteiger partial charge in [-0.15, -0.1) is 0 Å². The van der Waals surface area contributed by atoms with Crippen LogP contribution in [0, 0.1) is 6.92 Å². The highest BCUT2D eigenvalue weighted by molar-refractivity contribution is 5.94. The molecule has 5 heteroatoms. The molecule has 1 aromatic carbocycles. The van der Waals surface area contributed by atoms with Crippen molar-refractivity contribution < 1.29 is 9.59 Å². The highest BCUT2D eigenvalue weighted by atomic mass is 16.2. The number of carbonyl (C=O) groups is 2. The summed E-state index contributed by atoms with van der Waals surface area (Å²) in [7, 11) is 0. The van der Waals surface area contributed by atoms with Gasteiger partial charge in [-0.05, 0) is 44.0 Å². The van der Waals surface area contributed by atoms with E-state index >= 15 is 0 Å². The first-order valence-corrected chi connectivity index (χ1v) is 8.21. The molecule has 2 amide bonds. The summed E-state index contributed by atoms with van der Waals surface area (Å²) in [6.07, 6.45) is 3.15. The van der Waals surface area contributed by atoms with Crippen molar-refractivity contribution in [2.75, 3.05) is 13.1 Å². The second kappa shape index (κ2) is 7.25. The molecule has 1 aromatic heterocycles. The number of nitrogens with zero attached hydrogens (tertiary/aromatic N) is 2. The Morgan fingerprint density at radius 3 is 2.42 bits per heavy atom. The van der Waals surface area contributed by atoms with Gasteiger partial charge >= 0.3 is 0 Å². The zero-order valence-electron chi connectivity index (χ0n) is 13.7. The van der Waals surface area contributed by atoms with E-state index in [1.165, 1.54) is 0 Å². The number of hydrogen-bond donors (Lipinski definition) is 1. The minimum Gasteiger partial charge on any atom is -0.349 e. The zero-order chi connectivity index (χ0) is 16.9. The van der Waals surface area contributed by atoms with E-state index in [4.69, 9.17) is 0 Å². The number of benzene rings is 1. The SMILES string of the molecule is Cc1ccc(C(=O)NC2CCN(C(=O)c3ccccn3)CC2)cc1. The third-order valence-electron chi connectivity index (χ3n) is 4.32. The minimum atomic E-state index is -0.0514. The number of amides is 2. The number of aromatic nitrogens is 1. The van der Waals surface area contributed by atoms with E-state index in [0.717, 1.165) is 18.4 Å². The van der Waals surface area contributed by atoms with Crippen molar-refractivity contribution in [3.05, 3.63) is 65.5 Å². The summed E-state index contributed by atoms with van der Waals surface area (Å²) >= 11 is 0. The largest absolute Gasteiger partial charge is 0.349 e. The molecular formula is C19H21N3O2. The van der Waals surface area contributed by atoms with Gasteiger partial charge < -0.3 is 10.2 Å². The third-order valence-corrected chi connectivity index (χ3v) is 4.32. The van der Waals surface area contributed by atoms with Gasteiger partial charge in [-0.2, -0.15) is 0 Å². The molecular weight excluding hydrogens is 302 g/mol. The summed E-state index contributed by atoms with van der Waals surface area (Å²) < 4.78 is 0. The molecule has 0 unspecified atom stereocenters. The molecule has 1 fully saturated rings. The summed E-state index contributed by atoms with van der Waals surface area (Å²) in [5, 5.41) is 3.06. The predicted molar refractivity (Wildman–Crippen MR) is 91.8 cm³/mol. The second-order valence-electron chi connectivity index (χ2n) is 6.12. The molecule has 2 heterocycles. The highest BCUT2D eigenvalue weighted by Crippen LogP contribution is 2.14. The Balaban J connectivity index is 1.53. The molecule has 2 aromatic rings. The molecule has 1 aliphatic rings. The van der Waals surface area contributed by atoms with Gasteiger partial charge in [0.25, 0.3) is 11.8 Å². The molecule has 5 nitrogen and oxygen atoms in total. The normalized spacial score (nSPS) is 15.1. The van der Waals surface area contributed by atoms with Crippen molar-refractivity contribution in [3.63, 3.8) is 0 Å². The molecule has 124 valence electrons. The van der Waals surface area contributed by atoms with Crippen molar-refractivity contribution >= 4 is 11.8 Å². The number of piperidine rings is 1. The highest BCUT2D eigenvalue weighted by Gasteiger charge is 2.25. The number of hydrogen-bond acceptors (Lipinski definition) is 3. The van der Waals surface area contributed by atoms with Crippen LogP contribution in [0.5, 0.6) is 0 Å². The quantitative estimate of drug-likeness (QED) is 0.943. The predicted octanol–water partition coefficient (Wildman–Crippen LogP) is 2.42. The fraction of sp³-hybridized carbons (Fsp3) is 0.316. The average molecular weight is 323 g/mol. The average Bonchev–Trinajstić information content (AvgIpc) is 2.63. The van der Waals surface area contributed by atoms with Crippen LogP contribution in [0.3, 0.4) is 0 Å². The molecule has 0 saturated carbocycles. The zero-order valence-corrected chi connectivity index (χ0v) is 13.7. The van der Waals surface area contributed by atoms with Gasteiger partial charge in [0.2, 0.25) is 0 Å². The van der Waals surface area contributed by atoms with Crippen LogP contribution in [0.1, 0.15) is 39.3 Å². The van der Waals surface area contributed by atoms with Gasteiger partial charge in [-0.25, -0.2) is 0 Å². The van der Waals surface area contributed by atoms with Crippen LogP contribution in [0.2, 0.25) is 0 Å². The van der Waals surface area contributed by atoms with Crippen LogP contribution in [-0.2, 0) is 0 Å². The number of rotatable bonds is 3. The van der Waals surface area contributed by atoms with Gasteiger partial charge in [0.1, 0.15) is 5.69 Å². The molecule has 1 aliphatic heterocycles. The Kier molecular flexibility index (Phi) is 4.89. The van der Waals surface area contributed by atoms with Gasteiger partial charge in [0.05, 0.1) is 0 Å². The van der Waals surface area contributed by atoms with Crippen LogP contribution < -0.4 is 5.32 Å². The van der Waals surface area contributed by atoms with Crippen molar-refractivity contribution in [1.29, 1.82) is 0 Å². The van der Waals surface area contributed by atoms with Crippen LogP contribution >= 0.6 is 0 Å². The molecule has 1 saturated heterocycles. The van der Waals surface area contributed by atoms with E-state index in [1.807, 2.05) is 37.3 Å². The summed E-state index contributed by atoms with van der Waals surface area (Å²) in [4.78, 5) is 30.5. The number of carbonyl (C=O) groups excluding carboxylic acids is 2. The van der Waals surface area contributed by atoms with E-state index in [-0.39, 0.29) is 17.9 Å². The topological polar surface area (TPSA) is 62.3 Å². The lowest BCUT2D eigenvalue weighted by Gasteiger charge is -2.32. The Labute approximate surface area is 141 Å². The summed E-state index contributed by atoms with van der Waals surface area (Å²) in [5.41, 5.74) is 2.28. The van der Waals surface area contributed by atoms with Crippen LogP contribution in [0.4, 0.5) is 0 Å².